The molecule has 4 N–H and O–H groups in total. The van der Waals surface area contributed by atoms with Gasteiger partial charge in [-0.15, -0.1) is 5.10 Å². The van der Waals surface area contributed by atoms with Gasteiger partial charge in [-0.2, -0.15) is 4.98 Å². The molecular formula is C15H13FN6. The molecule has 7 heteroatoms. The van der Waals surface area contributed by atoms with Gasteiger partial charge in [0.2, 0.25) is 5.95 Å². The molecule has 0 aliphatic rings. The number of anilines is 3. The lowest BCUT2D eigenvalue weighted by molar-refractivity contribution is 0.631. The van der Waals surface area contributed by atoms with E-state index in [1.807, 2.05) is 18.2 Å². The van der Waals surface area contributed by atoms with Crippen LogP contribution in [0.3, 0.4) is 0 Å². The number of nitrogen functional groups attached to an aromatic ring is 1. The first-order chi connectivity index (χ1) is 10.6. The van der Waals surface area contributed by atoms with E-state index in [1.165, 1.54) is 10.7 Å². The molecule has 3 rings (SSSR count). The van der Waals surface area contributed by atoms with Gasteiger partial charge in [0.15, 0.2) is 11.3 Å². The van der Waals surface area contributed by atoms with Gasteiger partial charge in [0.05, 0.1) is 11.4 Å². The van der Waals surface area contributed by atoms with Crippen LogP contribution in [0.5, 0.6) is 0 Å². The van der Waals surface area contributed by atoms with E-state index in [9.17, 15) is 4.39 Å². The van der Waals surface area contributed by atoms with Crippen LogP contribution in [0, 0.1) is 11.2 Å². The number of para-hydroxylation sites is 2. The molecule has 0 aliphatic heterocycles. The van der Waals surface area contributed by atoms with Crippen LogP contribution < -0.4 is 16.5 Å². The number of nitrogens with zero attached hydrogens (tertiary/aromatic N) is 3. The first kappa shape index (κ1) is 13.7. The summed E-state index contributed by atoms with van der Waals surface area (Å²) in [6.07, 6.45) is 0. The van der Waals surface area contributed by atoms with E-state index in [1.54, 1.807) is 30.3 Å². The van der Waals surface area contributed by atoms with Crippen LogP contribution in [-0.4, -0.2) is 14.8 Å². The smallest absolute Gasteiger partial charge is 0.247 e. The summed E-state index contributed by atoms with van der Waals surface area (Å²) in [7, 11) is 0. The van der Waals surface area contributed by atoms with Crippen molar-refractivity contribution in [1.82, 2.24) is 14.8 Å². The molecule has 110 valence electrons. The average molecular weight is 296 g/mol. The van der Waals surface area contributed by atoms with E-state index in [-0.39, 0.29) is 22.9 Å². The minimum absolute atomic E-state index is 0.00214. The summed E-state index contributed by atoms with van der Waals surface area (Å²) < 4.78 is 15.0. The van der Waals surface area contributed by atoms with Gasteiger partial charge in [-0.1, -0.05) is 30.3 Å². The molecule has 0 radical (unpaired) electrons. The number of nitrogens with two attached hydrogens (primary N) is 1. The van der Waals surface area contributed by atoms with Crippen molar-refractivity contribution in [2.75, 3.05) is 11.1 Å². The summed E-state index contributed by atoms with van der Waals surface area (Å²) in [4.78, 5) is 3.98. The third kappa shape index (κ3) is 2.64. The number of rotatable bonds is 3. The number of halogens is 1. The summed E-state index contributed by atoms with van der Waals surface area (Å²) >= 11 is 0. The van der Waals surface area contributed by atoms with Gasteiger partial charge in [0.1, 0.15) is 5.82 Å². The van der Waals surface area contributed by atoms with Crippen LogP contribution in [-0.2, 0) is 0 Å². The molecule has 2 aromatic carbocycles. The Balaban J connectivity index is 2.06. The molecule has 0 spiro atoms. The fraction of sp³-hybridized carbons (Fsp3) is 0. The van der Waals surface area contributed by atoms with Crippen molar-refractivity contribution in [2.45, 2.75) is 0 Å². The zero-order chi connectivity index (χ0) is 15.5. The van der Waals surface area contributed by atoms with E-state index < -0.39 is 5.82 Å². The Bertz CT molecular complexity index is 859. The number of hydrogen-bond donors (Lipinski definition) is 3. The van der Waals surface area contributed by atoms with Gasteiger partial charge in [-0.05, 0) is 24.3 Å². The van der Waals surface area contributed by atoms with Crippen LogP contribution in [0.15, 0.2) is 54.6 Å². The van der Waals surface area contributed by atoms with Crippen LogP contribution in [0.1, 0.15) is 0 Å². The summed E-state index contributed by atoms with van der Waals surface area (Å²) in [6.45, 7) is 0. The van der Waals surface area contributed by atoms with E-state index >= 15 is 0 Å². The maximum absolute atomic E-state index is 13.7. The van der Waals surface area contributed by atoms with Gasteiger partial charge >= 0.3 is 0 Å². The number of benzene rings is 2. The molecule has 1 heterocycles. The molecule has 0 fully saturated rings. The van der Waals surface area contributed by atoms with Gasteiger partial charge < -0.3 is 11.1 Å². The molecule has 0 unspecified atom stereocenters. The summed E-state index contributed by atoms with van der Waals surface area (Å²) in [5.41, 5.74) is 6.62. The Morgan fingerprint density at radius 1 is 1.05 bits per heavy atom. The second kappa shape index (κ2) is 5.65. The number of aromatic nitrogens is 3. The van der Waals surface area contributed by atoms with Crippen molar-refractivity contribution >= 4 is 17.5 Å². The van der Waals surface area contributed by atoms with E-state index in [0.29, 0.717) is 5.69 Å². The van der Waals surface area contributed by atoms with Gasteiger partial charge in [-0.25, -0.2) is 9.07 Å². The highest BCUT2D eigenvalue weighted by Gasteiger charge is 2.09. The Hall–Kier alpha value is -3.22. The molecule has 6 nitrogen and oxygen atoms in total. The maximum atomic E-state index is 13.7. The third-order valence-electron chi connectivity index (χ3n) is 3.00. The molecule has 0 saturated heterocycles. The monoisotopic (exact) mass is 296 g/mol. The molecule has 0 saturated carbocycles. The standard InChI is InChI=1S/C15H13FN6/c16-11-8-4-5-9-12(11)19-15-20-13(17)14(18)22(21-15)10-6-2-1-3-7-10/h1-9,18H,(H3,17,19,20,21). The van der Waals surface area contributed by atoms with Crippen LogP contribution in [0.2, 0.25) is 0 Å². The summed E-state index contributed by atoms with van der Waals surface area (Å²) in [5.74, 6) is -0.314. The molecule has 3 aromatic rings. The molecule has 1 aromatic heterocycles. The van der Waals surface area contributed by atoms with Gasteiger partial charge in [0.25, 0.3) is 0 Å². The first-order valence-corrected chi connectivity index (χ1v) is 6.53. The summed E-state index contributed by atoms with van der Waals surface area (Å²) in [5, 5.41) is 14.9. The highest BCUT2D eigenvalue weighted by molar-refractivity contribution is 5.54. The minimum atomic E-state index is -0.425. The quantitative estimate of drug-likeness (QED) is 0.691. The van der Waals surface area contributed by atoms with E-state index in [2.05, 4.69) is 15.4 Å². The predicted octanol–water partition coefficient (Wildman–Crippen LogP) is 2.21. The Kier molecular flexibility index (Phi) is 3.53. The Labute approximate surface area is 125 Å². The topological polar surface area (TPSA) is 92.6 Å². The second-order valence-corrected chi connectivity index (χ2v) is 4.52. The zero-order valence-corrected chi connectivity index (χ0v) is 11.5. The predicted molar refractivity (Wildman–Crippen MR) is 81.3 cm³/mol. The molecule has 0 aliphatic carbocycles. The van der Waals surface area contributed by atoms with Crippen LogP contribution >= 0.6 is 0 Å². The lowest BCUT2D eigenvalue weighted by atomic mass is 10.3. The van der Waals surface area contributed by atoms with E-state index in [4.69, 9.17) is 11.1 Å². The Morgan fingerprint density at radius 2 is 1.73 bits per heavy atom. The SMILES string of the molecule is N=c1c(N)nc(Nc2ccccc2F)nn1-c1ccccc1. The first-order valence-electron chi connectivity index (χ1n) is 6.53. The molecular weight excluding hydrogens is 283 g/mol. The lowest BCUT2D eigenvalue weighted by Gasteiger charge is -2.11. The van der Waals surface area contributed by atoms with E-state index in [0.717, 1.165) is 0 Å². The zero-order valence-electron chi connectivity index (χ0n) is 11.5. The third-order valence-corrected chi connectivity index (χ3v) is 3.00. The van der Waals surface area contributed by atoms with Crippen molar-refractivity contribution in [1.29, 1.82) is 5.41 Å². The number of hydrogen-bond acceptors (Lipinski definition) is 5. The molecule has 0 bridgehead atoms. The second-order valence-electron chi connectivity index (χ2n) is 4.52. The molecule has 22 heavy (non-hydrogen) atoms. The summed E-state index contributed by atoms with van der Waals surface area (Å²) in [6, 6.07) is 15.3. The van der Waals surface area contributed by atoms with Crippen molar-refractivity contribution in [3.05, 3.63) is 65.9 Å². The normalized spacial score (nSPS) is 10.4. The van der Waals surface area contributed by atoms with Crippen molar-refractivity contribution in [3.63, 3.8) is 0 Å². The highest BCUT2D eigenvalue weighted by atomic mass is 19.1. The highest BCUT2D eigenvalue weighted by Crippen LogP contribution is 2.16. The molecule has 0 amide bonds. The van der Waals surface area contributed by atoms with Crippen molar-refractivity contribution in [2.24, 2.45) is 0 Å². The lowest BCUT2D eigenvalue weighted by Crippen LogP contribution is -2.26. The number of nitrogens with one attached hydrogen (secondary N) is 2. The van der Waals surface area contributed by atoms with Crippen molar-refractivity contribution in [3.8, 4) is 5.69 Å². The van der Waals surface area contributed by atoms with Gasteiger partial charge in [0, 0.05) is 0 Å². The van der Waals surface area contributed by atoms with Crippen molar-refractivity contribution < 1.29 is 4.39 Å². The van der Waals surface area contributed by atoms with Gasteiger partial charge in [-0.3, -0.25) is 5.41 Å². The minimum Gasteiger partial charge on any atom is -0.380 e. The maximum Gasteiger partial charge on any atom is 0.247 e. The Morgan fingerprint density at radius 3 is 2.45 bits per heavy atom. The largest absolute Gasteiger partial charge is 0.380 e. The fourth-order valence-electron chi connectivity index (χ4n) is 1.93. The van der Waals surface area contributed by atoms with Crippen LogP contribution in [0.25, 0.3) is 5.69 Å². The van der Waals surface area contributed by atoms with Crippen LogP contribution in [0.4, 0.5) is 21.8 Å². The fourth-order valence-corrected chi connectivity index (χ4v) is 1.93. The average Bonchev–Trinajstić information content (AvgIpc) is 2.54. The molecule has 0 atom stereocenters.